The van der Waals surface area contributed by atoms with Gasteiger partial charge in [0.2, 0.25) is 11.8 Å². The van der Waals surface area contributed by atoms with E-state index in [0.717, 1.165) is 19.3 Å². The third kappa shape index (κ3) is 7.64. The van der Waals surface area contributed by atoms with E-state index < -0.39 is 30.1 Å². The highest BCUT2D eigenvalue weighted by Gasteiger charge is 2.51. The summed E-state index contributed by atoms with van der Waals surface area (Å²) in [5, 5.41) is 35.0. The smallest absolute Gasteiger partial charge is 0.249 e. The van der Waals surface area contributed by atoms with E-state index in [0.29, 0.717) is 56.0 Å². The molecule has 0 radical (unpaired) electrons. The van der Waals surface area contributed by atoms with Crippen LogP contribution in [0.2, 0.25) is 10.0 Å². The number of rotatable bonds is 12. The van der Waals surface area contributed by atoms with Gasteiger partial charge in [-0.2, -0.15) is 0 Å². The van der Waals surface area contributed by atoms with Crippen LogP contribution in [-0.4, -0.2) is 83.3 Å². The maximum Gasteiger partial charge on any atom is 0.249 e. The van der Waals surface area contributed by atoms with Crippen LogP contribution >= 0.6 is 23.2 Å². The van der Waals surface area contributed by atoms with Crippen LogP contribution in [0.3, 0.4) is 0 Å². The first-order valence-corrected chi connectivity index (χ1v) is 17.3. The minimum Gasteiger partial charge on any atom is -0.493 e. The fourth-order valence-electron chi connectivity index (χ4n) is 7.38. The molecule has 4 N–H and O–H groups in total. The number of aliphatic hydroxyl groups is 3. The lowest BCUT2D eigenvalue weighted by Gasteiger charge is -2.41. The van der Waals surface area contributed by atoms with Crippen LogP contribution in [0.4, 0.5) is 0 Å². The van der Waals surface area contributed by atoms with E-state index in [1.54, 1.807) is 36.4 Å². The minimum atomic E-state index is -1.28. The molecule has 3 aliphatic rings. The van der Waals surface area contributed by atoms with E-state index >= 15 is 0 Å². The molecule has 0 spiro atoms. The van der Waals surface area contributed by atoms with E-state index in [-0.39, 0.29) is 50.5 Å². The van der Waals surface area contributed by atoms with Crippen molar-refractivity contribution >= 4 is 35.0 Å². The van der Waals surface area contributed by atoms with Crippen molar-refractivity contribution in [1.82, 2.24) is 10.2 Å². The number of amides is 2. The van der Waals surface area contributed by atoms with Gasteiger partial charge in [-0.25, -0.2) is 0 Å². The maximum atomic E-state index is 14.3. The summed E-state index contributed by atoms with van der Waals surface area (Å²) >= 11 is 12.8. The normalized spacial score (nSPS) is 26.3. The lowest BCUT2D eigenvalue weighted by molar-refractivity contribution is -0.148. The Morgan fingerprint density at radius 1 is 1.15 bits per heavy atom. The Morgan fingerprint density at radius 2 is 1.92 bits per heavy atom. The van der Waals surface area contributed by atoms with Gasteiger partial charge in [0.25, 0.3) is 0 Å². The second-order valence-electron chi connectivity index (χ2n) is 13.5. The van der Waals surface area contributed by atoms with Gasteiger partial charge in [0, 0.05) is 34.3 Å². The van der Waals surface area contributed by atoms with Crippen LogP contribution < -0.4 is 14.8 Å². The quantitative estimate of drug-likeness (QED) is 0.251. The predicted molar refractivity (Wildman–Crippen MR) is 182 cm³/mol. The van der Waals surface area contributed by atoms with Gasteiger partial charge in [0.05, 0.1) is 38.4 Å². The first-order valence-electron chi connectivity index (χ1n) is 16.6. The molecular weight excluding hydrogens is 659 g/mol. The Bertz CT molecular complexity index is 1520. The maximum absolute atomic E-state index is 14.3. The zero-order valence-electron chi connectivity index (χ0n) is 27.8. The zero-order valence-corrected chi connectivity index (χ0v) is 29.3. The zero-order chi connectivity index (χ0) is 34.7. The number of ether oxygens (including phenoxy) is 3. The summed E-state index contributed by atoms with van der Waals surface area (Å²) in [6, 6.07) is 7.34. The number of nitrogens with one attached hydrogen (secondary N) is 1. The van der Waals surface area contributed by atoms with Crippen molar-refractivity contribution in [2.45, 2.75) is 83.5 Å². The van der Waals surface area contributed by atoms with Gasteiger partial charge in [-0.05, 0) is 72.1 Å². The van der Waals surface area contributed by atoms with Gasteiger partial charge in [-0.15, -0.1) is 0 Å². The van der Waals surface area contributed by atoms with Crippen LogP contribution in [0.25, 0.3) is 0 Å². The number of hydrogen-bond donors (Lipinski definition) is 4. The third-order valence-electron chi connectivity index (χ3n) is 9.91. The van der Waals surface area contributed by atoms with E-state index in [2.05, 4.69) is 26.1 Å². The summed E-state index contributed by atoms with van der Waals surface area (Å²) in [6.45, 7) is 5.78. The Balaban J connectivity index is 1.54. The van der Waals surface area contributed by atoms with Crippen molar-refractivity contribution in [3.8, 4) is 11.5 Å². The van der Waals surface area contributed by atoms with Crippen molar-refractivity contribution in [3.05, 3.63) is 68.7 Å². The number of carbonyl (C=O) groups excluding carboxylic acids is 2. The Labute approximate surface area is 292 Å². The first kappa shape index (κ1) is 36.4. The average Bonchev–Trinajstić information content (AvgIpc) is 3.45. The standard InChI is InChI=1S/C36H46Cl2N2O8/c1-19(2)24-8-5-20(3)11-29(24)47-18-31(43)40(16-22-6-7-23(37)14-27(22)38)28-15-26(36(45)39-9-10-41)32-25-12-21(17-42)13-30(46-4)34(25)48-35(32)33(28)44/h6-7,12-15,19-20,24,28-29,32-33,35,41-42,44H,5,8-11,16-18H2,1-4H3,(H,39,45). The summed E-state index contributed by atoms with van der Waals surface area (Å²) in [7, 11) is 1.47. The minimum absolute atomic E-state index is 0.00104. The van der Waals surface area contributed by atoms with Crippen LogP contribution in [0.5, 0.6) is 11.5 Å². The highest BCUT2D eigenvalue weighted by molar-refractivity contribution is 6.35. The van der Waals surface area contributed by atoms with Gasteiger partial charge in [0.1, 0.15) is 18.8 Å². The summed E-state index contributed by atoms with van der Waals surface area (Å²) in [4.78, 5) is 29.5. The van der Waals surface area contributed by atoms with E-state index in [4.69, 9.17) is 37.4 Å². The molecule has 2 aromatic carbocycles. The molecule has 48 heavy (non-hydrogen) atoms. The number of carbonyl (C=O) groups is 2. The molecular formula is C36H46Cl2N2O8. The van der Waals surface area contributed by atoms with E-state index in [1.807, 2.05) is 0 Å². The molecule has 1 aliphatic heterocycles. The van der Waals surface area contributed by atoms with Crippen LogP contribution in [-0.2, 0) is 27.5 Å². The molecule has 5 rings (SSSR count). The number of methoxy groups -OCH3 is 1. The predicted octanol–water partition coefficient (Wildman–Crippen LogP) is 4.62. The number of halogens is 2. The van der Waals surface area contributed by atoms with Crippen molar-refractivity contribution in [1.29, 1.82) is 0 Å². The fraction of sp³-hybridized carbons (Fsp3) is 0.556. The Morgan fingerprint density at radius 3 is 2.58 bits per heavy atom. The second kappa shape index (κ2) is 15.8. The third-order valence-corrected chi connectivity index (χ3v) is 10.5. The molecule has 0 saturated heterocycles. The fourth-order valence-corrected chi connectivity index (χ4v) is 7.85. The Kier molecular flexibility index (Phi) is 12.0. The highest BCUT2D eigenvalue weighted by atomic mass is 35.5. The van der Waals surface area contributed by atoms with Crippen molar-refractivity contribution in [2.24, 2.45) is 17.8 Å². The molecule has 10 nitrogen and oxygen atoms in total. The van der Waals surface area contributed by atoms with Gasteiger partial charge in [0.15, 0.2) is 11.5 Å². The number of nitrogens with zero attached hydrogens (tertiary/aromatic N) is 1. The molecule has 262 valence electrons. The van der Waals surface area contributed by atoms with Gasteiger partial charge in [-0.1, -0.05) is 56.5 Å². The van der Waals surface area contributed by atoms with Crippen LogP contribution in [0.1, 0.15) is 62.6 Å². The van der Waals surface area contributed by atoms with Crippen molar-refractivity contribution in [3.63, 3.8) is 0 Å². The topological polar surface area (TPSA) is 138 Å². The lowest BCUT2D eigenvalue weighted by Crippen LogP contribution is -2.56. The molecule has 1 fully saturated rings. The molecule has 2 amide bonds. The van der Waals surface area contributed by atoms with Gasteiger partial charge >= 0.3 is 0 Å². The van der Waals surface area contributed by atoms with E-state index in [9.17, 15) is 24.9 Å². The van der Waals surface area contributed by atoms with E-state index in [1.165, 1.54) is 12.0 Å². The van der Waals surface area contributed by atoms with Crippen LogP contribution in [0, 0.1) is 17.8 Å². The summed E-state index contributed by atoms with van der Waals surface area (Å²) in [5.41, 5.74) is 1.96. The van der Waals surface area contributed by atoms with Crippen molar-refractivity contribution in [2.75, 3.05) is 26.9 Å². The molecule has 2 aliphatic carbocycles. The SMILES string of the molecule is COc1cc(CO)cc2c1OC1C2C(C(=O)NCCO)=CC(N(Cc2ccc(Cl)cc2Cl)C(=O)COC2CC(C)CCC2C(C)C)C1O. The lowest BCUT2D eigenvalue weighted by atomic mass is 9.75. The number of aliphatic hydroxyl groups excluding tert-OH is 3. The molecule has 1 saturated carbocycles. The molecule has 2 aromatic rings. The van der Waals surface area contributed by atoms with Crippen LogP contribution in [0.15, 0.2) is 42.0 Å². The molecule has 7 unspecified atom stereocenters. The Hall–Kier alpha value is -2.86. The number of hydrogen-bond acceptors (Lipinski definition) is 8. The molecule has 7 atom stereocenters. The molecule has 0 bridgehead atoms. The van der Waals surface area contributed by atoms with Crippen molar-refractivity contribution < 1.29 is 39.1 Å². The highest BCUT2D eigenvalue weighted by Crippen LogP contribution is 2.51. The van der Waals surface area contributed by atoms with Gasteiger partial charge < -0.3 is 39.7 Å². The molecule has 12 heteroatoms. The summed E-state index contributed by atoms with van der Waals surface area (Å²) in [5.74, 6) is 0.281. The monoisotopic (exact) mass is 704 g/mol. The average molecular weight is 706 g/mol. The largest absolute Gasteiger partial charge is 0.493 e. The summed E-state index contributed by atoms with van der Waals surface area (Å²) in [6.07, 6.45) is 2.25. The molecule has 0 aromatic heterocycles. The second-order valence-corrected chi connectivity index (χ2v) is 14.3. The summed E-state index contributed by atoms with van der Waals surface area (Å²) < 4.78 is 18.3. The van der Waals surface area contributed by atoms with Gasteiger partial charge in [-0.3, -0.25) is 9.59 Å². The number of benzene rings is 2. The number of fused-ring (bicyclic) bond motifs is 3. The molecule has 1 heterocycles. The first-order chi connectivity index (χ1) is 23.0.